The summed E-state index contributed by atoms with van der Waals surface area (Å²) in [6, 6.07) is 27.3. The maximum Gasteiger partial charge on any atom is 0.256 e. The molecule has 162 valence electrons. The maximum atomic E-state index is 12.9. The summed E-state index contributed by atoms with van der Waals surface area (Å²) in [6.07, 6.45) is 0. The van der Waals surface area contributed by atoms with Crippen LogP contribution in [0.2, 0.25) is 0 Å². The van der Waals surface area contributed by atoms with E-state index in [1.807, 2.05) is 72.8 Å². The third-order valence-electron chi connectivity index (χ3n) is 5.52. The van der Waals surface area contributed by atoms with E-state index in [9.17, 15) is 4.79 Å². The Labute approximate surface area is 192 Å². The van der Waals surface area contributed by atoms with Gasteiger partial charge in [-0.25, -0.2) is 0 Å². The van der Waals surface area contributed by atoms with E-state index in [-0.39, 0.29) is 11.9 Å². The molecule has 1 aromatic heterocycles. The van der Waals surface area contributed by atoms with Gasteiger partial charge in [-0.3, -0.25) is 4.79 Å². The number of thiophene rings is 1. The Morgan fingerprint density at radius 3 is 2.12 bits per heavy atom. The van der Waals surface area contributed by atoms with Crippen molar-refractivity contribution < 1.29 is 9.53 Å². The predicted octanol–water partition coefficient (Wildman–Crippen LogP) is 6.83. The largest absolute Gasteiger partial charge is 0.497 e. The number of hydrogen-bond acceptors (Lipinski definition) is 4. The van der Waals surface area contributed by atoms with E-state index in [2.05, 4.69) is 36.6 Å². The Kier molecular flexibility index (Phi) is 6.57. The molecule has 0 radical (unpaired) electrons. The molecular formula is C27H26N2O2S. The lowest BCUT2D eigenvalue weighted by atomic mass is 9.96. The van der Waals surface area contributed by atoms with Crippen LogP contribution in [0.3, 0.4) is 0 Å². The van der Waals surface area contributed by atoms with E-state index < -0.39 is 0 Å². The standard InChI is InChI=1S/C27H26N2O2S/c1-18-19(2)32-27(29-26(30)21-10-6-4-7-11-21)24(18)25(28-22-12-8-5-9-13-22)20-14-16-23(31-3)17-15-20/h4-17,25,28H,1-3H3,(H,29,30)/t25-/m0/s1. The van der Waals surface area contributed by atoms with Crippen LogP contribution in [0.15, 0.2) is 84.9 Å². The average Bonchev–Trinajstić information content (AvgIpc) is 3.11. The molecule has 0 saturated heterocycles. The van der Waals surface area contributed by atoms with Gasteiger partial charge in [0.1, 0.15) is 10.8 Å². The van der Waals surface area contributed by atoms with Crippen molar-refractivity contribution in [1.29, 1.82) is 0 Å². The van der Waals surface area contributed by atoms with Crippen LogP contribution in [0, 0.1) is 13.8 Å². The van der Waals surface area contributed by atoms with Crippen molar-refractivity contribution in [3.63, 3.8) is 0 Å². The third-order valence-corrected chi connectivity index (χ3v) is 6.66. The first-order valence-corrected chi connectivity index (χ1v) is 11.3. The highest BCUT2D eigenvalue weighted by Gasteiger charge is 2.25. The Hall–Kier alpha value is -3.57. The lowest BCUT2D eigenvalue weighted by Crippen LogP contribution is -2.17. The number of methoxy groups -OCH3 is 1. The van der Waals surface area contributed by atoms with Crippen molar-refractivity contribution in [1.82, 2.24) is 0 Å². The molecule has 0 saturated carbocycles. The number of rotatable bonds is 7. The zero-order valence-electron chi connectivity index (χ0n) is 18.4. The third kappa shape index (κ3) is 4.68. The highest BCUT2D eigenvalue weighted by Crippen LogP contribution is 2.41. The Morgan fingerprint density at radius 1 is 0.875 bits per heavy atom. The van der Waals surface area contributed by atoms with Crippen LogP contribution in [0.1, 0.15) is 38.0 Å². The summed E-state index contributed by atoms with van der Waals surface area (Å²) in [5.41, 5.74) is 4.98. The molecular weight excluding hydrogens is 416 g/mol. The number of aryl methyl sites for hydroxylation is 1. The summed E-state index contributed by atoms with van der Waals surface area (Å²) in [5, 5.41) is 7.69. The highest BCUT2D eigenvalue weighted by atomic mass is 32.1. The lowest BCUT2D eigenvalue weighted by molar-refractivity contribution is 0.102. The second-order valence-electron chi connectivity index (χ2n) is 7.56. The first kappa shape index (κ1) is 21.7. The van der Waals surface area contributed by atoms with Crippen LogP contribution in [0.25, 0.3) is 0 Å². The van der Waals surface area contributed by atoms with Crippen molar-refractivity contribution in [3.8, 4) is 5.75 Å². The molecule has 0 spiro atoms. The molecule has 4 nitrogen and oxygen atoms in total. The number of hydrogen-bond donors (Lipinski definition) is 2. The summed E-state index contributed by atoms with van der Waals surface area (Å²) in [5.74, 6) is 0.698. The fraction of sp³-hybridized carbons (Fsp3) is 0.148. The Bertz CT molecular complexity index is 1190. The molecule has 0 fully saturated rings. The van der Waals surface area contributed by atoms with Gasteiger partial charge >= 0.3 is 0 Å². The van der Waals surface area contributed by atoms with Crippen molar-refractivity contribution in [3.05, 3.63) is 112 Å². The SMILES string of the molecule is COc1ccc([C@H](Nc2ccccc2)c2c(NC(=O)c3ccccc3)sc(C)c2C)cc1. The fourth-order valence-corrected chi connectivity index (χ4v) is 4.76. The summed E-state index contributed by atoms with van der Waals surface area (Å²) in [6.45, 7) is 4.21. The first-order chi connectivity index (χ1) is 15.6. The number of nitrogens with one attached hydrogen (secondary N) is 2. The monoisotopic (exact) mass is 442 g/mol. The summed E-state index contributed by atoms with van der Waals surface area (Å²) >= 11 is 1.61. The topological polar surface area (TPSA) is 50.4 Å². The highest BCUT2D eigenvalue weighted by molar-refractivity contribution is 7.16. The second-order valence-corrected chi connectivity index (χ2v) is 8.79. The number of para-hydroxylation sites is 1. The quantitative estimate of drug-likeness (QED) is 0.330. The van der Waals surface area contributed by atoms with Gasteiger partial charge in [-0.1, -0.05) is 48.5 Å². The maximum absolute atomic E-state index is 12.9. The number of amides is 1. The van der Waals surface area contributed by atoms with E-state index in [1.54, 1.807) is 18.4 Å². The van der Waals surface area contributed by atoms with E-state index in [0.29, 0.717) is 5.56 Å². The molecule has 2 N–H and O–H groups in total. The van der Waals surface area contributed by atoms with Gasteiger partial charge in [0.2, 0.25) is 0 Å². The van der Waals surface area contributed by atoms with Gasteiger partial charge in [0.05, 0.1) is 13.2 Å². The van der Waals surface area contributed by atoms with Crippen molar-refractivity contribution >= 4 is 27.9 Å². The molecule has 1 heterocycles. The lowest BCUT2D eigenvalue weighted by Gasteiger charge is -2.23. The van der Waals surface area contributed by atoms with Crippen molar-refractivity contribution in [2.75, 3.05) is 17.7 Å². The van der Waals surface area contributed by atoms with Gasteiger partial charge in [-0.05, 0) is 61.4 Å². The minimum atomic E-state index is -0.140. The fourth-order valence-electron chi connectivity index (χ4n) is 3.67. The van der Waals surface area contributed by atoms with Gasteiger partial charge in [-0.2, -0.15) is 0 Å². The number of carbonyl (C=O) groups excluding carboxylic acids is 1. The molecule has 3 aromatic carbocycles. The zero-order valence-corrected chi connectivity index (χ0v) is 19.2. The van der Waals surface area contributed by atoms with E-state index in [0.717, 1.165) is 27.6 Å². The number of benzene rings is 3. The van der Waals surface area contributed by atoms with E-state index >= 15 is 0 Å². The molecule has 32 heavy (non-hydrogen) atoms. The van der Waals surface area contributed by atoms with E-state index in [4.69, 9.17) is 4.74 Å². The van der Waals surface area contributed by atoms with Crippen LogP contribution in [0.5, 0.6) is 5.75 Å². The minimum Gasteiger partial charge on any atom is -0.497 e. The van der Waals surface area contributed by atoms with Gasteiger partial charge in [0.15, 0.2) is 0 Å². The number of carbonyl (C=O) groups is 1. The predicted molar refractivity (Wildman–Crippen MR) is 133 cm³/mol. The minimum absolute atomic E-state index is 0.110. The van der Waals surface area contributed by atoms with Crippen LogP contribution >= 0.6 is 11.3 Å². The zero-order chi connectivity index (χ0) is 22.5. The Morgan fingerprint density at radius 2 is 1.50 bits per heavy atom. The van der Waals surface area contributed by atoms with Gasteiger partial charge in [0.25, 0.3) is 5.91 Å². The average molecular weight is 443 g/mol. The van der Waals surface area contributed by atoms with Gasteiger partial charge < -0.3 is 15.4 Å². The summed E-state index contributed by atoms with van der Waals surface area (Å²) in [4.78, 5) is 14.1. The Balaban J connectivity index is 1.76. The van der Waals surface area contributed by atoms with Crippen molar-refractivity contribution in [2.24, 2.45) is 0 Å². The second kappa shape index (κ2) is 9.71. The number of anilines is 2. The van der Waals surface area contributed by atoms with E-state index in [1.165, 1.54) is 10.4 Å². The molecule has 0 bridgehead atoms. The molecule has 0 aliphatic heterocycles. The number of ether oxygens (including phenoxy) is 1. The first-order valence-electron chi connectivity index (χ1n) is 10.5. The molecule has 4 aromatic rings. The summed E-state index contributed by atoms with van der Waals surface area (Å²) < 4.78 is 5.35. The molecule has 0 aliphatic carbocycles. The van der Waals surface area contributed by atoms with Crippen LogP contribution in [-0.2, 0) is 0 Å². The van der Waals surface area contributed by atoms with Crippen molar-refractivity contribution in [2.45, 2.75) is 19.9 Å². The molecule has 1 atom stereocenters. The van der Waals surface area contributed by atoms with Crippen LogP contribution in [-0.4, -0.2) is 13.0 Å². The van der Waals surface area contributed by atoms with Gasteiger partial charge in [-0.15, -0.1) is 11.3 Å². The summed E-state index contributed by atoms with van der Waals surface area (Å²) in [7, 11) is 1.66. The molecule has 0 aliphatic rings. The smallest absolute Gasteiger partial charge is 0.256 e. The van der Waals surface area contributed by atoms with Crippen LogP contribution < -0.4 is 15.4 Å². The molecule has 0 unspecified atom stereocenters. The van der Waals surface area contributed by atoms with Gasteiger partial charge in [0, 0.05) is 21.7 Å². The van der Waals surface area contributed by atoms with Crippen LogP contribution in [0.4, 0.5) is 10.7 Å². The normalized spacial score (nSPS) is 11.6. The molecule has 5 heteroatoms. The molecule has 1 amide bonds. The molecule has 4 rings (SSSR count).